The molecule has 0 aliphatic carbocycles. The molecule has 0 spiro atoms. The minimum Gasteiger partial charge on any atom is -0.310 e. The summed E-state index contributed by atoms with van der Waals surface area (Å²) in [7, 11) is 0. The van der Waals surface area contributed by atoms with E-state index < -0.39 is 0 Å². The molecule has 1 heterocycles. The molecule has 0 amide bonds. The molecule has 60 heavy (non-hydrogen) atoms. The predicted molar refractivity (Wildman–Crippen MR) is 255 cm³/mol. The lowest BCUT2D eigenvalue weighted by Gasteiger charge is -2.29. The largest absolute Gasteiger partial charge is 0.310 e. The van der Waals surface area contributed by atoms with Gasteiger partial charge < -0.3 is 9.47 Å². The highest BCUT2D eigenvalue weighted by Gasteiger charge is 2.22. The number of aromatic nitrogens is 1. The highest BCUT2D eigenvalue weighted by atomic mass is 15.1. The lowest BCUT2D eigenvalue weighted by molar-refractivity contribution is 1.18. The third kappa shape index (κ3) is 6.14. The van der Waals surface area contributed by atoms with E-state index in [0.717, 1.165) is 28.3 Å². The lowest BCUT2D eigenvalue weighted by atomic mass is 9.87. The molecular formula is C58H40N2. The maximum atomic E-state index is 2.45. The Morgan fingerprint density at radius 1 is 0.300 bits per heavy atom. The number of anilines is 3. The van der Waals surface area contributed by atoms with E-state index in [-0.39, 0.29) is 0 Å². The van der Waals surface area contributed by atoms with Gasteiger partial charge in [0.25, 0.3) is 0 Å². The normalized spacial score (nSPS) is 11.3. The van der Waals surface area contributed by atoms with E-state index in [4.69, 9.17) is 0 Å². The van der Waals surface area contributed by atoms with Crippen molar-refractivity contribution < 1.29 is 0 Å². The van der Waals surface area contributed by atoms with Crippen LogP contribution in [0, 0.1) is 0 Å². The highest BCUT2D eigenvalue weighted by Crippen LogP contribution is 2.47. The molecule has 2 nitrogen and oxygen atoms in total. The number of benzene rings is 10. The van der Waals surface area contributed by atoms with Gasteiger partial charge in [0, 0.05) is 33.4 Å². The lowest BCUT2D eigenvalue weighted by Crippen LogP contribution is -2.11. The van der Waals surface area contributed by atoms with Gasteiger partial charge in [-0.3, -0.25) is 0 Å². The molecule has 0 fully saturated rings. The summed E-state index contributed by atoms with van der Waals surface area (Å²) in [5, 5.41) is 4.88. The van der Waals surface area contributed by atoms with Crippen LogP contribution in [0.3, 0.4) is 0 Å². The van der Waals surface area contributed by atoms with Crippen LogP contribution in [0.25, 0.3) is 82.8 Å². The molecule has 10 aromatic carbocycles. The van der Waals surface area contributed by atoms with Crippen molar-refractivity contribution >= 4 is 49.6 Å². The molecular weight excluding hydrogens is 725 g/mol. The summed E-state index contributed by atoms with van der Waals surface area (Å²) < 4.78 is 2.40. The molecule has 11 rings (SSSR count). The SMILES string of the molecule is c1ccc(-c2cccc(-c3ccccc3)c2-c2ccc(N(c3ccc4c5ccccc5n(-c5ccccc5)c4c3)c3ccc4ccccc4c3-c3ccccc3)cc2)cc1. The van der Waals surface area contributed by atoms with Crippen LogP contribution in [0.4, 0.5) is 17.1 Å². The Balaban J connectivity index is 1.16. The Hall–Kier alpha value is -7.94. The first-order chi connectivity index (χ1) is 29.8. The molecule has 1 aromatic heterocycles. The minimum atomic E-state index is 1.08. The average molecular weight is 765 g/mol. The first kappa shape index (κ1) is 35.2. The number of fused-ring (bicyclic) bond motifs is 4. The van der Waals surface area contributed by atoms with Crippen LogP contribution in [0.5, 0.6) is 0 Å². The Morgan fingerprint density at radius 2 is 0.817 bits per heavy atom. The topological polar surface area (TPSA) is 8.17 Å². The smallest absolute Gasteiger partial charge is 0.0561 e. The summed E-state index contributed by atoms with van der Waals surface area (Å²) in [6.45, 7) is 0. The monoisotopic (exact) mass is 764 g/mol. The van der Waals surface area contributed by atoms with E-state index in [0.29, 0.717) is 0 Å². The maximum Gasteiger partial charge on any atom is 0.0561 e. The molecule has 0 aliphatic heterocycles. The number of rotatable bonds is 8. The van der Waals surface area contributed by atoms with Gasteiger partial charge >= 0.3 is 0 Å². The van der Waals surface area contributed by atoms with Crippen molar-refractivity contribution in [2.75, 3.05) is 4.90 Å². The zero-order valence-corrected chi connectivity index (χ0v) is 33.0. The minimum absolute atomic E-state index is 1.08. The Labute approximate surface area is 350 Å². The Morgan fingerprint density at radius 3 is 1.48 bits per heavy atom. The zero-order valence-electron chi connectivity index (χ0n) is 33.0. The van der Waals surface area contributed by atoms with E-state index in [1.54, 1.807) is 0 Å². The molecule has 0 saturated heterocycles. The second-order valence-electron chi connectivity index (χ2n) is 15.3. The van der Waals surface area contributed by atoms with Crippen LogP contribution in [0.1, 0.15) is 0 Å². The summed E-state index contributed by atoms with van der Waals surface area (Å²) in [6.07, 6.45) is 0. The third-order valence-corrected chi connectivity index (χ3v) is 11.8. The summed E-state index contributed by atoms with van der Waals surface area (Å²) in [6, 6.07) is 87.9. The van der Waals surface area contributed by atoms with Gasteiger partial charge in [-0.1, -0.05) is 194 Å². The number of para-hydroxylation sites is 2. The van der Waals surface area contributed by atoms with Gasteiger partial charge in [-0.15, -0.1) is 0 Å². The van der Waals surface area contributed by atoms with Crippen molar-refractivity contribution in [2.45, 2.75) is 0 Å². The zero-order chi connectivity index (χ0) is 39.8. The van der Waals surface area contributed by atoms with Crippen LogP contribution < -0.4 is 4.90 Å². The molecule has 0 atom stereocenters. The molecule has 0 N–H and O–H groups in total. The molecule has 11 aromatic rings. The van der Waals surface area contributed by atoms with Crippen molar-refractivity contribution in [3.05, 3.63) is 243 Å². The number of nitrogens with zero attached hydrogens (tertiary/aromatic N) is 2. The number of hydrogen-bond donors (Lipinski definition) is 0. The summed E-state index contributed by atoms with van der Waals surface area (Å²) >= 11 is 0. The van der Waals surface area contributed by atoms with E-state index in [1.165, 1.54) is 71.6 Å². The van der Waals surface area contributed by atoms with Gasteiger partial charge in [0.15, 0.2) is 0 Å². The van der Waals surface area contributed by atoms with Crippen molar-refractivity contribution in [1.29, 1.82) is 0 Å². The van der Waals surface area contributed by atoms with Gasteiger partial charge in [0.1, 0.15) is 0 Å². The Kier molecular flexibility index (Phi) is 8.87. The van der Waals surface area contributed by atoms with Gasteiger partial charge in [0.2, 0.25) is 0 Å². The van der Waals surface area contributed by atoms with Crippen LogP contribution >= 0.6 is 0 Å². The van der Waals surface area contributed by atoms with Crippen molar-refractivity contribution in [3.63, 3.8) is 0 Å². The van der Waals surface area contributed by atoms with Crippen LogP contribution in [-0.4, -0.2) is 4.57 Å². The van der Waals surface area contributed by atoms with Crippen LogP contribution in [-0.2, 0) is 0 Å². The van der Waals surface area contributed by atoms with Gasteiger partial charge in [-0.2, -0.15) is 0 Å². The van der Waals surface area contributed by atoms with Gasteiger partial charge in [-0.25, -0.2) is 0 Å². The Bertz CT molecular complexity index is 3220. The fourth-order valence-electron chi connectivity index (χ4n) is 9.09. The summed E-state index contributed by atoms with van der Waals surface area (Å²) in [5.74, 6) is 0. The van der Waals surface area contributed by atoms with Gasteiger partial charge in [-0.05, 0) is 98.2 Å². The van der Waals surface area contributed by atoms with Crippen molar-refractivity contribution in [2.24, 2.45) is 0 Å². The molecule has 0 bridgehead atoms. The first-order valence-electron chi connectivity index (χ1n) is 20.6. The standard InChI is InChI=1S/C58H40N2/c1-5-18-41(19-6-1)49-29-17-30-50(42-20-7-2-8-21-42)57(49)45-32-35-47(36-33-45)59(55-39-34-43-22-13-14-27-51(43)58(55)44-23-9-3-10-24-44)48-37-38-53-52-28-15-16-31-54(52)60(56(53)40-48)46-25-11-4-12-26-46/h1-40H. The second-order valence-corrected chi connectivity index (χ2v) is 15.3. The van der Waals surface area contributed by atoms with E-state index in [2.05, 4.69) is 252 Å². The van der Waals surface area contributed by atoms with Gasteiger partial charge in [0.05, 0.1) is 16.7 Å². The molecule has 0 aliphatic rings. The summed E-state index contributed by atoms with van der Waals surface area (Å²) in [4.78, 5) is 2.45. The fourth-order valence-corrected chi connectivity index (χ4v) is 9.09. The second kappa shape index (κ2) is 15.1. The molecule has 0 unspecified atom stereocenters. The molecule has 0 saturated carbocycles. The van der Waals surface area contributed by atoms with Crippen LogP contribution in [0.15, 0.2) is 243 Å². The molecule has 282 valence electrons. The molecule has 2 heteroatoms. The third-order valence-electron chi connectivity index (χ3n) is 11.8. The van der Waals surface area contributed by atoms with Crippen molar-refractivity contribution in [1.82, 2.24) is 4.57 Å². The van der Waals surface area contributed by atoms with Crippen molar-refractivity contribution in [3.8, 4) is 50.2 Å². The fraction of sp³-hybridized carbons (Fsp3) is 0. The molecule has 0 radical (unpaired) electrons. The van der Waals surface area contributed by atoms with E-state index in [9.17, 15) is 0 Å². The maximum absolute atomic E-state index is 2.45. The van der Waals surface area contributed by atoms with E-state index >= 15 is 0 Å². The first-order valence-corrected chi connectivity index (χ1v) is 20.6. The average Bonchev–Trinajstić information content (AvgIpc) is 3.66. The highest BCUT2D eigenvalue weighted by molar-refractivity contribution is 6.11. The number of hydrogen-bond acceptors (Lipinski definition) is 1. The predicted octanol–water partition coefficient (Wildman–Crippen LogP) is 16.1. The van der Waals surface area contributed by atoms with Crippen LogP contribution in [0.2, 0.25) is 0 Å². The quantitative estimate of drug-likeness (QED) is 0.150. The van der Waals surface area contributed by atoms with E-state index in [1.807, 2.05) is 0 Å². The summed E-state index contributed by atoms with van der Waals surface area (Å²) in [5.41, 5.74) is 16.3.